The minimum absolute atomic E-state index is 0.0450. The fraction of sp³-hybridized carbons (Fsp3) is 0.810. The van der Waals surface area contributed by atoms with E-state index in [1.165, 1.54) is 0 Å². The van der Waals surface area contributed by atoms with Gasteiger partial charge in [-0.15, -0.1) is 0 Å². The molecule has 5 N–H and O–H groups in total. The standard InChI is InChI=1S/C21H36N4O4/c1-11(2)13-8-9-25(20(29)17(22)21(3,4)5)15(13)19(28)24-14(10-12-6-7-12)16(26)18(23)27/h11-15,17H,6-10,22H2,1-5H3,(H2,23,27)(H,24,28). The summed E-state index contributed by atoms with van der Waals surface area (Å²) in [4.78, 5) is 51.5. The number of nitrogens with two attached hydrogens (primary N) is 2. The molecule has 4 atom stereocenters. The second kappa shape index (κ2) is 8.81. The highest BCUT2D eigenvalue weighted by Crippen LogP contribution is 2.35. The molecule has 2 fully saturated rings. The van der Waals surface area contributed by atoms with Crippen molar-refractivity contribution in [3.05, 3.63) is 0 Å². The maximum atomic E-state index is 13.2. The first kappa shape index (κ1) is 23.3. The van der Waals surface area contributed by atoms with E-state index >= 15 is 0 Å². The number of hydrogen-bond donors (Lipinski definition) is 3. The molecule has 0 aromatic heterocycles. The SMILES string of the molecule is CC(C)C1CCN(C(=O)C(N)C(C)(C)C)C1C(=O)NC(CC1CC1)C(=O)C(N)=O. The average molecular weight is 409 g/mol. The molecule has 1 heterocycles. The molecule has 1 saturated carbocycles. The van der Waals surface area contributed by atoms with Gasteiger partial charge >= 0.3 is 0 Å². The number of hydrogen-bond acceptors (Lipinski definition) is 5. The number of nitrogens with zero attached hydrogens (tertiary/aromatic N) is 1. The Morgan fingerprint density at radius 1 is 1.10 bits per heavy atom. The minimum atomic E-state index is -1.05. The Labute approximate surface area is 173 Å². The third-order valence-corrected chi connectivity index (χ3v) is 6.19. The minimum Gasteiger partial charge on any atom is -0.363 e. The Morgan fingerprint density at radius 2 is 1.69 bits per heavy atom. The number of carbonyl (C=O) groups excluding carboxylic acids is 4. The number of primary amides is 1. The zero-order chi connectivity index (χ0) is 22.1. The van der Waals surface area contributed by atoms with E-state index in [9.17, 15) is 19.2 Å². The molecule has 0 aromatic carbocycles. The molecule has 29 heavy (non-hydrogen) atoms. The fourth-order valence-corrected chi connectivity index (χ4v) is 3.99. The van der Waals surface area contributed by atoms with E-state index in [0.717, 1.165) is 12.8 Å². The summed E-state index contributed by atoms with van der Waals surface area (Å²) in [6.07, 6.45) is 3.04. The van der Waals surface area contributed by atoms with Crippen LogP contribution in [0.5, 0.6) is 0 Å². The largest absolute Gasteiger partial charge is 0.363 e. The molecular weight excluding hydrogens is 372 g/mol. The Hall–Kier alpha value is -1.96. The van der Waals surface area contributed by atoms with Crippen LogP contribution in [0.3, 0.4) is 0 Å². The topological polar surface area (TPSA) is 136 Å². The van der Waals surface area contributed by atoms with Gasteiger partial charge in [0.1, 0.15) is 6.04 Å². The van der Waals surface area contributed by atoms with Crippen molar-refractivity contribution in [1.82, 2.24) is 10.2 Å². The highest BCUT2D eigenvalue weighted by Gasteiger charge is 2.46. The van der Waals surface area contributed by atoms with Crippen molar-refractivity contribution < 1.29 is 19.2 Å². The molecule has 0 spiro atoms. The van der Waals surface area contributed by atoms with Crippen LogP contribution in [0, 0.1) is 23.2 Å². The number of rotatable bonds is 8. The van der Waals surface area contributed by atoms with Crippen LogP contribution >= 0.6 is 0 Å². The van der Waals surface area contributed by atoms with Gasteiger partial charge in [0.2, 0.25) is 17.6 Å². The van der Waals surface area contributed by atoms with Gasteiger partial charge < -0.3 is 21.7 Å². The van der Waals surface area contributed by atoms with Crippen molar-refractivity contribution in [3.8, 4) is 0 Å². The van der Waals surface area contributed by atoms with E-state index in [1.807, 2.05) is 34.6 Å². The summed E-state index contributed by atoms with van der Waals surface area (Å²) >= 11 is 0. The zero-order valence-corrected chi connectivity index (χ0v) is 18.2. The van der Waals surface area contributed by atoms with Gasteiger partial charge in [-0.3, -0.25) is 19.2 Å². The molecule has 3 amide bonds. The first-order chi connectivity index (χ1) is 13.3. The second-order valence-corrected chi connectivity index (χ2v) is 9.99. The van der Waals surface area contributed by atoms with E-state index in [4.69, 9.17) is 11.5 Å². The normalized spacial score (nSPS) is 24.3. The predicted octanol–water partition coefficient (Wildman–Crippen LogP) is 0.572. The highest BCUT2D eigenvalue weighted by atomic mass is 16.2. The molecule has 8 nitrogen and oxygen atoms in total. The highest BCUT2D eigenvalue weighted by molar-refractivity contribution is 6.37. The van der Waals surface area contributed by atoms with Crippen LogP contribution in [0.25, 0.3) is 0 Å². The van der Waals surface area contributed by atoms with Crippen LogP contribution in [0.15, 0.2) is 0 Å². The lowest BCUT2D eigenvalue weighted by Crippen LogP contribution is -2.58. The number of likely N-dealkylation sites (tertiary alicyclic amines) is 1. The van der Waals surface area contributed by atoms with Gasteiger partial charge in [0.05, 0.1) is 12.1 Å². The average Bonchev–Trinajstić information content (AvgIpc) is 3.31. The third-order valence-electron chi connectivity index (χ3n) is 6.19. The molecule has 2 aliphatic rings. The molecule has 1 aliphatic carbocycles. The lowest BCUT2D eigenvalue weighted by Gasteiger charge is -2.35. The van der Waals surface area contributed by atoms with Gasteiger partial charge in [0.25, 0.3) is 5.91 Å². The second-order valence-electron chi connectivity index (χ2n) is 9.99. The number of carbonyl (C=O) groups is 4. The summed E-state index contributed by atoms with van der Waals surface area (Å²) in [5.74, 6) is -2.06. The Bertz CT molecular complexity index is 666. The van der Waals surface area contributed by atoms with E-state index in [1.54, 1.807) is 4.90 Å². The van der Waals surface area contributed by atoms with Crippen LogP contribution in [0.2, 0.25) is 0 Å². The summed E-state index contributed by atoms with van der Waals surface area (Å²) in [7, 11) is 0. The summed E-state index contributed by atoms with van der Waals surface area (Å²) in [6, 6.07) is -2.38. The first-order valence-electron chi connectivity index (χ1n) is 10.5. The molecule has 164 valence electrons. The zero-order valence-electron chi connectivity index (χ0n) is 18.2. The van der Waals surface area contributed by atoms with Gasteiger partial charge in [-0.1, -0.05) is 47.5 Å². The van der Waals surface area contributed by atoms with Gasteiger partial charge in [-0.2, -0.15) is 0 Å². The smallest absolute Gasteiger partial charge is 0.287 e. The van der Waals surface area contributed by atoms with Crippen molar-refractivity contribution in [2.45, 2.75) is 78.4 Å². The number of amides is 3. The molecule has 0 aromatic rings. The fourth-order valence-electron chi connectivity index (χ4n) is 3.99. The van der Waals surface area contributed by atoms with Gasteiger partial charge in [-0.25, -0.2) is 0 Å². The van der Waals surface area contributed by atoms with Crippen molar-refractivity contribution in [2.24, 2.45) is 34.6 Å². The van der Waals surface area contributed by atoms with Gasteiger partial charge in [0, 0.05) is 6.54 Å². The lowest BCUT2D eigenvalue weighted by atomic mass is 9.85. The molecule has 0 bridgehead atoms. The predicted molar refractivity (Wildman–Crippen MR) is 109 cm³/mol. The molecule has 0 radical (unpaired) electrons. The quantitative estimate of drug-likeness (QED) is 0.505. The maximum absolute atomic E-state index is 13.2. The Balaban J connectivity index is 2.23. The van der Waals surface area contributed by atoms with Crippen LogP contribution < -0.4 is 16.8 Å². The van der Waals surface area contributed by atoms with E-state index in [2.05, 4.69) is 5.32 Å². The van der Waals surface area contributed by atoms with Crippen molar-refractivity contribution >= 4 is 23.5 Å². The van der Waals surface area contributed by atoms with Crippen LogP contribution in [0.1, 0.15) is 60.3 Å². The molecular formula is C21H36N4O4. The Kier molecular flexibility index (Phi) is 7.09. The number of Topliss-reactive ketones (excluding diaryl/α,β-unsaturated/α-hetero) is 1. The monoisotopic (exact) mass is 408 g/mol. The summed E-state index contributed by atoms with van der Waals surface area (Å²) < 4.78 is 0. The summed E-state index contributed by atoms with van der Waals surface area (Å²) in [5.41, 5.74) is 10.9. The van der Waals surface area contributed by atoms with E-state index < -0.39 is 41.1 Å². The lowest BCUT2D eigenvalue weighted by molar-refractivity contribution is -0.144. The maximum Gasteiger partial charge on any atom is 0.287 e. The summed E-state index contributed by atoms with van der Waals surface area (Å²) in [6.45, 7) is 10.1. The van der Waals surface area contributed by atoms with Crippen molar-refractivity contribution in [3.63, 3.8) is 0 Å². The van der Waals surface area contributed by atoms with Gasteiger partial charge in [-0.05, 0) is 36.0 Å². The number of ketones is 1. The third kappa shape index (κ3) is 5.56. The first-order valence-corrected chi connectivity index (χ1v) is 10.5. The number of nitrogens with one attached hydrogen (secondary N) is 1. The van der Waals surface area contributed by atoms with Crippen molar-refractivity contribution in [1.29, 1.82) is 0 Å². The molecule has 1 aliphatic heterocycles. The molecule has 4 unspecified atom stereocenters. The molecule has 2 rings (SSSR count). The van der Waals surface area contributed by atoms with Crippen molar-refractivity contribution in [2.75, 3.05) is 6.54 Å². The van der Waals surface area contributed by atoms with Crippen LogP contribution in [-0.2, 0) is 19.2 Å². The molecule has 8 heteroatoms. The summed E-state index contributed by atoms with van der Waals surface area (Å²) in [5, 5.41) is 2.73. The Morgan fingerprint density at radius 3 is 2.14 bits per heavy atom. The van der Waals surface area contributed by atoms with E-state index in [-0.39, 0.29) is 17.7 Å². The van der Waals surface area contributed by atoms with Gasteiger partial charge in [0.15, 0.2) is 0 Å². The molecule has 1 saturated heterocycles. The van der Waals surface area contributed by atoms with Crippen LogP contribution in [-0.4, -0.2) is 53.1 Å². The van der Waals surface area contributed by atoms with Crippen LogP contribution in [0.4, 0.5) is 0 Å². The van der Waals surface area contributed by atoms with E-state index in [0.29, 0.717) is 25.3 Å².